The molecule has 2 heterocycles. The lowest BCUT2D eigenvalue weighted by Crippen LogP contribution is -2.65. The maximum Gasteiger partial charge on any atom is 0.277 e. The molecule has 0 unspecified atom stereocenters. The molecule has 2 aromatic rings. The molecular weight excluding hydrogens is 412 g/mol. The summed E-state index contributed by atoms with van der Waals surface area (Å²) >= 11 is 0. The van der Waals surface area contributed by atoms with E-state index in [9.17, 15) is 9.59 Å². The maximum atomic E-state index is 13.9. The van der Waals surface area contributed by atoms with Gasteiger partial charge >= 0.3 is 0 Å². The Labute approximate surface area is 197 Å². The predicted molar refractivity (Wildman–Crippen MR) is 132 cm³/mol. The van der Waals surface area contributed by atoms with Gasteiger partial charge in [-0.1, -0.05) is 65.0 Å². The fourth-order valence-corrected chi connectivity index (χ4v) is 5.14. The van der Waals surface area contributed by atoms with Gasteiger partial charge in [-0.3, -0.25) is 19.2 Å². The van der Waals surface area contributed by atoms with Crippen LogP contribution >= 0.6 is 0 Å². The zero-order chi connectivity index (χ0) is 23.6. The van der Waals surface area contributed by atoms with Gasteiger partial charge in [0.05, 0.1) is 12.2 Å². The average Bonchev–Trinajstić information content (AvgIpc) is 3.20. The molecule has 0 bridgehead atoms. The maximum absolute atomic E-state index is 13.9. The smallest absolute Gasteiger partial charge is 0.277 e. The Morgan fingerprint density at radius 3 is 2.52 bits per heavy atom. The van der Waals surface area contributed by atoms with Crippen molar-refractivity contribution >= 4 is 17.5 Å². The molecule has 0 radical (unpaired) electrons. The van der Waals surface area contributed by atoms with Gasteiger partial charge in [-0.2, -0.15) is 5.10 Å². The highest BCUT2D eigenvalue weighted by molar-refractivity contribution is 6.11. The van der Waals surface area contributed by atoms with Crippen LogP contribution < -0.4 is 10.2 Å². The quantitative estimate of drug-likeness (QED) is 0.679. The monoisotopic (exact) mass is 450 g/mol. The molecular formula is C27H38N4O2. The van der Waals surface area contributed by atoms with E-state index >= 15 is 0 Å². The molecule has 1 aromatic carbocycles. The van der Waals surface area contributed by atoms with E-state index in [0.29, 0.717) is 12.2 Å². The molecule has 1 aliphatic carbocycles. The van der Waals surface area contributed by atoms with Crippen molar-refractivity contribution in [2.24, 2.45) is 0 Å². The summed E-state index contributed by atoms with van der Waals surface area (Å²) in [5.74, 6) is -0.0393. The highest BCUT2D eigenvalue weighted by Crippen LogP contribution is 2.34. The number of benzene rings is 1. The Morgan fingerprint density at radius 2 is 1.85 bits per heavy atom. The third-order valence-electron chi connectivity index (χ3n) is 7.27. The molecule has 2 amide bonds. The fraction of sp³-hybridized carbons (Fsp3) is 0.593. The van der Waals surface area contributed by atoms with Gasteiger partial charge in [0.15, 0.2) is 0 Å². The van der Waals surface area contributed by atoms with Crippen molar-refractivity contribution in [3.8, 4) is 0 Å². The van der Waals surface area contributed by atoms with Gasteiger partial charge in [-0.15, -0.1) is 0 Å². The van der Waals surface area contributed by atoms with E-state index in [4.69, 9.17) is 5.10 Å². The van der Waals surface area contributed by atoms with Crippen molar-refractivity contribution < 1.29 is 9.59 Å². The van der Waals surface area contributed by atoms with E-state index < -0.39 is 5.54 Å². The number of anilines is 1. The second-order valence-corrected chi connectivity index (χ2v) is 10.2. The second-order valence-electron chi connectivity index (χ2n) is 10.2. The van der Waals surface area contributed by atoms with Gasteiger partial charge in [0.1, 0.15) is 11.2 Å². The first-order valence-corrected chi connectivity index (χ1v) is 12.7. The third kappa shape index (κ3) is 4.71. The topological polar surface area (TPSA) is 67.2 Å². The van der Waals surface area contributed by atoms with E-state index in [-0.39, 0.29) is 23.8 Å². The van der Waals surface area contributed by atoms with Crippen LogP contribution in [0.3, 0.4) is 0 Å². The van der Waals surface area contributed by atoms with Crippen molar-refractivity contribution in [3.63, 3.8) is 0 Å². The summed E-state index contributed by atoms with van der Waals surface area (Å²) in [5, 5.41) is 8.04. The fourth-order valence-electron chi connectivity index (χ4n) is 5.14. The Balaban J connectivity index is 1.72. The Morgan fingerprint density at radius 1 is 1.15 bits per heavy atom. The molecule has 1 atom stereocenters. The molecule has 1 saturated carbocycles. The largest absolute Gasteiger partial charge is 0.351 e. The zero-order valence-corrected chi connectivity index (χ0v) is 20.6. The van der Waals surface area contributed by atoms with Crippen molar-refractivity contribution in [2.45, 2.75) is 103 Å². The molecule has 1 N–H and O–H groups in total. The number of rotatable bonds is 5. The number of nitrogens with one attached hydrogen (secondary N) is 1. The van der Waals surface area contributed by atoms with Crippen molar-refractivity contribution in [1.29, 1.82) is 0 Å². The Bertz CT molecular complexity index is 1000. The van der Waals surface area contributed by atoms with Gasteiger partial charge in [-0.05, 0) is 55.9 Å². The molecule has 2 aliphatic rings. The van der Waals surface area contributed by atoms with E-state index in [0.717, 1.165) is 49.0 Å². The van der Waals surface area contributed by atoms with Crippen molar-refractivity contribution in [1.82, 2.24) is 15.1 Å². The summed E-state index contributed by atoms with van der Waals surface area (Å²) in [4.78, 5) is 29.4. The first-order chi connectivity index (χ1) is 15.8. The third-order valence-corrected chi connectivity index (χ3v) is 7.27. The number of carbonyl (C=O) groups is 2. The molecule has 6 heteroatoms. The molecule has 1 aliphatic heterocycles. The SMILES string of the molecule is CCc1cccc(N2C(=O)c3cc(C(C)C)nn3C[C@]2(C)C(=O)NC2CCCCCCC2)c1. The zero-order valence-electron chi connectivity index (χ0n) is 20.6. The lowest BCUT2D eigenvalue weighted by molar-refractivity contribution is -0.127. The van der Waals surface area contributed by atoms with Gasteiger partial charge in [0.2, 0.25) is 5.91 Å². The molecule has 0 spiro atoms. The lowest BCUT2D eigenvalue weighted by Gasteiger charge is -2.44. The number of nitrogens with zero attached hydrogens (tertiary/aromatic N) is 3. The van der Waals surface area contributed by atoms with Crippen LogP contribution in [0.5, 0.6) is 0 Å². The summed E-state index contributed by atoms with van der Waals surface area (Å²) in [6, 6.07) is 10.1. The first kappa shape index (κ1) is 23.5. The normalized spacial score (nSPS) is 22.1. The molecule has 178 valence electrons. The highest BCUT2D eigenvalue weighted by atomic mass is 16.2. The highest BCUT2D eigenvalue weighted by Gasteiger charge is 2.49. The van der Waals surface area contributed by atoms with Crippen molar-refractivity contribution in [2.75, 3.05) is 4.90 Å². The summed E-state index contributed by atoms with van der Waals surface area (Å²) in [6.07, 6.45) is 8.91. The minimum Gasteiger partial charge on any atom is -0.351 e. The van der Waals surface area contributed by atoms with E-state index in [1.807, 2.05) is 31.2 Å². The lowest BCUT2D eigenvalue weighted by atomic mass is 9.91. The number of aromatic nitrogens is 2. The van der Waals surface area contributed by atoms with E-state index in [1.54, 1.807) is 9.58 Å². The van der Waals surface area contributed by atoms with Crippen molar-refractivity contribution in [3.05, 3.63) is 47.3 Å². The standard InChI is InChI=1S/C27H38N4O2/c1-5-20-12-11-15-22(16-20)31-25(32)24-17-23(19(2)3)29-30(24)18-27(31,4)26(33)28-21-13-9-7-6-8-10-14-21/h11-12,15-17,19,21H,5-10,13-14,18H2,1-4H3,(H,28,33)/t27-/m1/s1. The minimum atomic E-state index is -1.06. The number of amides is 2. The molecule has 1 fully saturated rings. The second kappa shape index (κ2) is 9.70. The number of hydrogen-bond acceptors (Lipinski definition) is 3. The van der Waals surface area contributed by atoms with Gasteiger partial charge in [-0.25, -0.2) is 0 Å². The number of hydrogen-bond donors (Lipinski definition) is 1. The van der Waals surface area contributed by atoms with Crippen LogP contribution in [-0.4, -0.2) is 33.2 Å². The Kier molecular flexibility index (Phi) is 6.91. The predicted octanol–water partition coefficient (Wildman–Crippen LogP) is 5.22. The summed E-state index contributed by atoms with van der Waals surface area (Å²) < 4.78 is 1.75. The van der Waals surface area contributed by atoms with Crippen LogP contribution in [0.4, 0.5) is 5.69 Å². The molecule has 6 nitrogen and oxygen atoms in total. The van der Waals surface area contributed by atoms with Crippen LogP contribution in [-0.2, 0) is 17.8 Å². The Hall–Kier alpha value is -2.63. The van der Waals surface area contributed by atoms with Gasteiger partial charge < -0.3 is 5.32 Å². The summed E-state index contributed by atoms with van der Waals surface area (Å²) in [6.45, 7) is 8.47. The molecule has 1 aromatic heterocycles. The number of aryl methyl sites for hydroxylation is 1. The average molecular weight is 451 g/mol. The molecule has 0 saturated heterocycles. The van der Waals surface area contributed by atoms with Crippen LogP contribution in [0.25, 0.3) is 0 Å². The van der Waals surface area contributed by atoms with Gasteiger partial charge in [0, 0.05) is 11.7 Å². The van der Waals surface area contributed by atoms with Crippen LogP contribution in [0.1, 0.15) is 100 Å². The minimum absolute atomic E-state index is 0.0874. The van der Waals surface area contributed by atoms with Crippen LogP contribution in [0.15, 0.2) is 30.3 Å². The van der Waals surface area contributed by atoms with Gasteiger partial charge in [0.25, 0.3) is 5.91 Å². The van der Waals surface area contributed by atoms with E-state index in [2.05, 4.69) is 32.2 Å². The molecule has 33 heavy (non-hydrogen) atoms. The molecule has 4 rings (SSSR count). The summed E-state index contributed by atoms with van der Waals surface area (Å²) in [5.41, 5.74) is 2.29. The van der Waals surface area contributed by atoms with Crippen LogP contribution in [0.2, 0.25) is 0 Å². The summed E-state index contributed by atoms with van der Waals surface area (Å²) in [7, 11) is 0. The number of carbonyl (C=O) groups excluding carboxylic acids is 2. The van der Waals surface area contributed by atoms with E-state index in [1.165, 1.54) is 19.3 Å². The van der Waals surface area contributed by atoms with Crippen LogP contribution in [0, 0.1) is 0 Å². The first-order valence-electron chi connectivity index (χ1n) is 12.7. The number of fused-ring (bicyclic) bond motifs is 1.